The fourth-order valence-corrected chi connectivity index (χ4v) is 3.86. The van der Waals surface area contributed by atoms with Gasteiger partial charge in [-0.2, -0.15) is 0 Å². The van der Waals surface area contributed by atoms with Gasteiger partial charge in [0.25, 0.3) is 0 Å². The Bertz CT molecular complexity index is 476. The van der Waals surface area contributed by atoms with Crippen LogP contribution in [0.25, 0.3) is 0 Å². The number of hydrogen-bond acceptors (Lipinski definition) is 3. The Morgan fingerprint density at radius 3 is 2.62 bits per heavy atom. The maximum Gasteiger partial charge on any atom is 0.185 e. The summed E-state index contributed by atoms with van der Waals surface area (Å²) in [5, 5.41) is -0.0174. The first-order valence-corrected chi connectivity index (χ1v) is 8.24. The first kappa shape index (κ1) is 14.9. The maximum atomic E-state index is 11.0. The molecule has 0 unspecified atom stereocenters. The normalized spacial score (nSPS) is 30.5. The van der Waals surface area contributed by atoms with Gasteiger partial charge in [0.2, 0.25) is 0 Å². The average molecular weight is 306 g/mol. The summed E-state index contributed by atoms with van der Waals surface area (Å²) in [5.41, 5.74) is 0. The Hall–Kier alpha value is -1.00. The minimum Gasteiger partial charge on any atom is -0.493 e. The SMILES string of the molecule is O=C(S)CCC[C@H]1[C@@H](COc2ccccc2)[C@H]2CC[C@@H]1O2. The van der Waals surface area contributed by atoms with Crippen molar-refractivity contribution >= 4 is 17.7 Å². The van der Waals surface area contributed by atoms with Gasteiger partial charge < -0.3 is 9.47 Å². The predicted octanol–water partition coefficient (Wildman–Crippen LogP) is 3.49. The highest BCUT2D eigenvalue weighted by atomic mass is 32.1. The third-order valence-electron chi connectivity index (χ3n) is 4.70. The molecular formula is C17H22O3S. The number of hydrogen-bond donors (Lipinski definition) is 1. The molecule has 0 N–H and O–H groups in total. The lowest BCUT2D eigenvalue weighted by Crippen LogP contribution is -2.32. The largest absolute Gasteiger partial charge is 0.493 e. The number of ether oxygens (including phenoxy) is 2. The molecule has 2 aliphatic rings. The molecule has 2 fully saturated rings. The Balaban J connectivity index is 1.55. The summed E-state index contributed by atoms with van der Waals surface area (Å²) < 4.78 is 12.0. The number of fused-ring (bicyclic) bond motifs is 2. The second kappa shape index (κ2) is 6.84. The molecule has 4 heteroatoms. The lowest BCUT2D eigenvalue weighted by molar-refractivity contribution is -0.110. The zero-order valence-corrected chi connectivity index (χ0v) is 13.0. The molecule has 0 spiro atoms. The van der Waals surface area contributed by atoms with Crippen LogP contribution in [-0.4, -0.2) is 23.9 Å². The summed E-state index contributed by atoms with van der Waals surface area (Å²) in [4.78, 5) is 11.0. The van der Waals surface area contributed by atoms with Crippen LogP contribution < -0.4 is 4.74 Å². The van der Waals surface area contributed by atoms with Gasteiger partial charge in [-0.15, -0.1) is 12.6 Å². The quantitative estimate of drug-likeness (QED) is 0.783. The molecule has 0 aromatic heterocycles. The molecule has 3 nitrogen and oxygen atoms in total. The van der Waals surface area contributed by atoms with Crippen LogP contribution >= 0.6 is 12.6 Å². The van der Waals surface area contributed by atoms with Crippen molar-refractivity contribution in [2.75, 3.05) is 6.61 Å². The van der Waals surface area contributed by atoms with Gasteiger partial charge in [0.15, 0.2) is 5.12 Å². The van der Waals surface area contributed by atoms with Gasteiger partial charge in [0.05, 0.1) is 18.8 Å². The predicted molar refractivity (Wildman–Crippen MR) is 84.7 cm³/mol. The fraction of sp³-hybridized carbons (Fsp3) is 0.588. The molecule has 1 aromatic rings. The lowest BCUT2D eigenvalue weighted by atomic mass is 9.77. The molecule has 21 heavy (non-hydrogen) atoms. The number of para-hydroxylation sites is 1. The third kappa shape index (κ3) is 3.61. The van der Waals surface area contributed by atoms with E-state index in [1.54, 1.807) is 0 Å². The van der Waals surface area contributed by atoms with E-state index >= 15 is 0 Å². The van der Waals surface area contributed by atoms with Crippen LogP contribution in [0.15, 0.2) is 30.3 Å². The van der Waals surface area contributed by atoms with Crippen molar-refractivity contribution in [1.29, 1.82) is 0 Å². The van der Waals surface area contributed by atoms with Crippen LogP contribution in [0.3, 0.4) is 0 Å². The first-order valence-electron chi connectivity index (χ1n) is 7.79. The van der Waals surface area contributed by atoms with Crippen molar-refractivity contribution in [2.24, 2.45) is 11.8 Å². The van der Waals surface area contributed by atoms with Crippen molar-refractivity contribution in [2.45, 2.75) is 44.3 Å². The van der Waals surface area contributed by atoms with E-state index in [-0.39, 0.29) is 5.12 Å². The van der Waals surface area contributed by atoms with E-state index in [0.717, 1.165) is 31.4 Å². The van der Waals surface area contributed by atoms with E-state index in [2.05, 4.69) is 12.6 Å². The highest BCUT2D eigenvalue weighted by Gasteiger charge is 2.48. The zero-order chi connectivity index (χ0) is 14.7. The van der Waals surface area contributed by atoms with E-state index in [0.29, 0.717) is 37.1 Å². The van der Waals surface area contributed by atoms with E-state index in [4.69, 9.17) is 9.47 Å². The Morgan fingerprint density at radius 1 is 1.19 bits per heavy atom. The highest BCUT2D eigenvalue weighted by Crippen LogP contribution is 2.45. The molecule has 2 saturated heterocycles. The number of benzene rings is 1. The molecule has 1 aromatic carbocycles. The van der Waals surface area contributed by atoms with Gasteiger partial charge >= 0.3 is 0 Å². The third-order valence-corrected chi connectivity index (χ3v) is 4.93. The monoisotopic (exact) mass is 306 g/mol. The summed E-state index contributed by atoms with van der Waals surface area (Å²) in [6, 6.07) is 9.95. The number of rotatable bonds is 7. The standard InChI is InChI=1S/C17H22O3S/c18-17(21)8-4-7-13-14(16-10-9-15(13)20-16)11-19-12-5-2-1-3-6-12/h1-3,5-6,13-16H,4,7-11H2,(H,18,21)/t13-,14+,15-,16+/m0/s1. The summed E-state index contributed by atoms with van der Waals surface area (Å²) >= 11 is 3.85. The van der Waals surface area contributed by atoms with Crippen molar-refractivity contribution in [3.63, 3.8) is 0 Å². The molecule has 114 valence electrons. The van der Waals surface area contributed by atoms with E-state index in [1.807, 2.05) is 30.3 Å². The van der Waals surface area contributed by atoms with E-state index in [1.165, 1.54) is 0 Å². The van der Waals surface area contributed by atoms with Gasteiger partial charge in [-0.25, -0.2) is 0 Å². The number of carbonyl (C=O) groups is 1. The minimum absolute atomic E-state index is 0.0174. The second-order valence-corrected chi connectivity index (χ2v) is 6.53. The van der Waals surface area contributed by atoms with Crippen LogP contribution in [0.4, 0.5) is 0 Å². The molecule has 2 aliphatic heterocycles. The molecule has 0 radical (unpaired) electrons. The van der Waals surface area contributed by atoms with Gasteiger partial charge in [0.1, 0.15) is 5.75 Å². The topological polar surface area (TPSA) is 35.5 Å². The molecule has 0 amide bonds. The van der Waals surface area contributed by atoms with Crippen LogP contribution in [0.5, 0.6) is 5.75 Å². The van der Waals surface area contributed by atoms with Gasteiger partial charge in [-0.1, -0.05) is 18.2 Å². The van der Waals surface area contributed by atoms with Crippen molar-refractivity contribution < 1.29 is 14.3 Å². The van der Waals surface area contributed by atoms with Crippen LogP contribution in [0.1, 0.15) is 32.1 Å². The number of thiol groups is 1. The molecule has 0 aliphatic carbocycles. The van der Waals surface area contributed by atoms with E-state index in [9.17, 15) is 4.79 Å². The Morgan fingerprint density at radius 2 is 1.90 bits per heavy atom. The van der Waals surface area contributed by atoms with Gasteiger partial charge in [0, 0.05) is 12.3 Å². The molecule has 3 rings (SSSR count). The van der Waals surface area contributed by atoms with Crippen molar-refractivity contribution in [3.05, 3.63) is 30.3 Å². The Kier molecular flexibility index (Phi) is 4.86. The summed E-state index contributed by atoms with van der Waals surface area (Å²) in [5.74, 6) is 1.91. The van der Waals surface area contributed by atoms with E-state index < -0.39 is 0 Å². The summed E-state index contributed by atoms with van der Waals surface area (Å²) in [6.45, 7) is 0.713. The van der Waals surface area contributed by atoms with Gasteiger partial charge in [-0.05, 0) is 43.7 Å². The minimum atomic E-state index is -0.0174. The molecule has 0 saturated carbocycles. The van der Waals surface area contributed by atoms with Crippen LogP contribution in [-0.2, 0) is 9.53 Å². The van der Waals surface area contributed by atoms with Gasteiger partial charge in [-0.3, -0.25) is 4.79 Å². The highest BCUT2D eigenvalue weighted by molar-refractivity contribution is 7.96. The molecule has 2 heterocycles. The smallest absolute Gasteiger partial charge is 0.185 e. The summed E-state index contributed by atoms with van der Waals surface area (Å²) in [7, 11) is 0. The number of carbonyl (C=O) groups excluding carboxylic acids is 1. The maximum absolute atomic E-state index is 11.0. The Labute approximate surface area is 131 Å². The average Bonchev–Trinajstić information content (AvgIpc) is 3.07. The van der Waals surface area contributed by atoms with Crippen LogP contribution in [0.2, 0.25) is 0 Å². The van der Waals surface area contributed by atoms with Crippen molar-refractivity contribution in [1.82, 2.24) is 0 Å². The van der Waals surface area contributed by atoms with Crippen LogP contribution in [0, 0.1) is 11.8 Å². The first-order chi connectivity index (χ1) is 10.2. The molecule has 2 bridgehead atoms. The zero-order valence-electron chi connectivity index (χ0n) is 12.1. The lowest BCUT2D eigenvalue weighted by Gasteiger charge is -2.27. The second-order valence-electron chi connectivity index (χ2n) is 6.03. The van der Waals surface area contributed by atoms with Crippen molar-refractivity contribution in [3.8, 4) is 5.75 Å². The summed E-state index contributed by atoms with van der Waals surface area (Å²) in [6.07, 6.45) is 5.52. The molecule has 4 atom stereocenters. The molecular weight excluding hydrogens is 284 g/mol. The fourth-order valence-electron chi connectivity index (χ4n) is 3.70.